The molecule has 1 heterocycles. The van der Waals surface area contributed by atoms with Crippen LogP contribution in [-0.2, 0) is 10.8 Å². The van der Waals surface area contributed by atoms with E-state index in [1.807, 2.05) is 18.3 Å². The molecule has 4 heteroatoms. The Labute approximate surface area is 121 Å². The molecule has 0 amide bonds. The summed E-state index contributed by atoms with van der Waals surface area (Å²) in [6.45, 7) is 5.15. The third-order valence-electron chi connectivity index (χ3n) is 3.44. The second kappa shape index (κ2) is 6.64. The van der Waals surface area contributed by atoms with E-state index in [4.69, 9.17) is 0 Å². The maximum absolute atomic E-state index is 11.3. The second-order valence-corrected chi connectivity index (χ2v) is 7.88. The molecule has 0 spiro atoms. The molecule has 0 saturated carbocycles. The van der Waals surface area contributed by atoms with Crippen LogP contribution >= 0.6 is 11.3 Å². The highest BCUT2D eigenvalue weighted by Crippen LogP contribution is 2.29. The number of hydrogen-bond acceptors (Lipinski definition) is 3. The van der Waals surface area contributed by atoms with Crippen molar-refractivity contribution in [2.24, 2.45) is 0 Å². The van der Waals surface area contributed by atoms with Crippen molar-refractivity contribution in [3.05, 3.63) is 35.2 Å². The molecule has 1 aromatic carbocycles. The Morgan fingerprint density at radius 2 is 2.05 bits per heavy atom. The van der Waals surface area contributed by atoms with Crippen molar-refractivity contribution in [3.63, 3.8) is 0 Å². The first-order chi connectivity index (χ1) is 9.08. The number of nitrogens with one attached hydrogen (secondary N) is 1. The van der Waals surface area contributed by atoms with Crippen LogP contribution in [0, 0.1) is 0 Å². The summed E-state index contributed by atoms with van der Waals surface area (Å²) in [5.74, 6) is 0. The minimum Gasteiger partial charge on any atom is -0.309 e. The zero-order chi connectivity index (χ0) is 13.8. The fraction of sp³-hybridized carbons (Fsp3) is 0.467. The fourth-order valence-corrected chi connectivity index (χ4v) is 3.53. The van der Waals surface area contributed by atoms with Gasteiger partial charge in [-0.3, -0.25) is 4.21 Å². The smallest absolute Gasteiger partial charge is 0.0386 e. The van der Waals surface area contributed by atoms with Gasteiger partial charge in [0.05, 0.1) is 0 Å². The molecular formula is C15H21NOS2. The van der Waals surface area contributed by atoms with Crippen LogP contribution in [0.4, 0.5) is 0 Å². The van der Waals surface area contributed by atoms with Gasteiger partial charge in [-0.2, -0.15) is 0 Å². The SMILES string of the molecule is CC(NCCC(C)S(C)=O)c1cc2ccccc2s1. The van der Waals surface area contributed by atoms with Gasteiger partial charge in [-0.25, -0.2) is 0 Å². The van der Waals surface area contributed by atoms with Crippen LogP contribution in [0.2, 0.25) is 0 Å². The molecule has 2 aromatic rings. The molecule has 0 radical (unpaired) electrons. The lowest BCUT2D eigenvalue weighted by molar-refractivity contribution is 0.560. The van der Waals surface area contributed by atoms with Crippen molar-refractivity contribution in [2.75, 3.05) is 12.8 Å². The Balaban J connectivity index is 1.92. The zero-order valence-electron chi connectivity index (χ0n) is 11.7. The van der Waals surface area contributed by atoms with Crippen LogP contribution < -0.4 is 5.32 Å². The molecule has 0 bridgehead atoms. The first kappa shape index (κ1) is 14.7. The van der Waals surface area contributed by atoms with Gasteiger partial charge in [-0.05, 0) is 37.4 Å². The average molecular weight is 295 g/mol. The predicted molar refractivity (Wildman–Crippen MR) is 86.4 cm³/mol. The van der Waals surface area contributed by atoms with E-state index in [9.17, 15) is 4.21 Å². The molecule has 2 nitrogen and oxygen atoms in total. The molecular weight excluding hydrogens is 274 g/mol. The maximum Gasteiger partial charge on any atom is 0.0386 e. The van der Waals surface area contributed by atoms with Crippen molar-refractivity contribution >= 4 is 32.2 Å². The largest absolute Gasteiger partial charge is 0.309 e. The predicted octanol–water partition coefficient (Wildman–Crippen LogP) is 3.71. The Morgan fingerprint density at radius 3 is 2.74 bits per heavy atom. The molecule has 3 unspecified atom stereocenters. The maximum atomic E-state index is 11.3. The van der Waals surface area contributed by atoms with Crippen molar-refractivity contribution < 1.29 is 4.21 Å². The van der Waals surface area contributed by atoms with Gasteiger partial charge in [-0.15, -0.1) is 11.3 Å². The van der Waals surface area contributed by atoms with Crippen LogP contribution in [0.1, 0.15) is 31.2 Å². The summed E-state index contributed by atoms with van der Waals surface area (Å²) in [6, 6.07) is 11.1. The van der Waals surface area contributed by atoms with E-state index >= 15 is 0 Å². The number of fused-ring (bicyclic) bond motifs is 1. The third-order valence-corrected chi connectivity index (χ3v) is 6.11. The molecule has 19 heavy (non-hydrogen) atoms. The number of rotatable bonds is 6. The van der Waals surface area contributed by atoms with Gasteiger partial charge < -0.3 is 5.32 Å². The van der Waals surface area contributed by atoms with Gasteiger partial charge in [0.15, 0.2) is 0 Å². The summed E-state index contributed by atoms with van der Waals surface area (Å²) in [5, 5.41) is 5.11. The summed E-state index contributed by atoms with van der Waals surface area (Å²) in [7, 11) is -0.719. The number of benzene rings is 1. The Hall–Kier alpha value is -0.710. The minimum atomic E-state index is -0.719. The highest BCUT2D eigenvalue weighted by Gasteiger charge is 2.10. The minimum absolute atomic E-state index is 0.266. The van der Waals surface area contributed by atoms with Crippen LogP contribution in [-0.4, -0.2) is 22.3 Å². The monoisotopic (exact) mass is 295 g/mol. The molecule has 0 aliphatic rings. The number of thiophene rings is 1. The van der Waals surface area contributed by atoms with Crippen molar-refractivity contribution in [1.29, 1.82) is 0 Å². The lowest BCUT2D eigenvalue weighted by Gasteiger charge is -2.14. The van der Waals surface area contributed by atoms with E-state index < -0.39 is 10.8 Å². The summed E-state index contributed by atoms with van der Waals surface area (Å²) in [5.41, 5.74) is 0. The van der Waals surface area contributed by atoms with E-state index in [1.54, 1.807) is 6.26 Å². The average Bonchev–Trinajstić information content (AvgIpc) is 2.82. The topological polar surface area (TPSA) is 29.1 Å². The second-order valence-electron chi connectivity index (χ2n) is 4.96. The number of hydrogen-bond donors (Lipinski definition) is 1. The highest BCUT2D eigenvalue weighted by atomic mass is 32.2. The van der Waals surface area contributed by atoms with Crippen molar-refractivity contribution in [2.45, 2.75) is 31.6 Å². The Morgan fingerprint density at radius 1 is 1.32 bits per heavy atom. The third kappa shape index (κ3) is 3.88. The van der Waals surface area contributed by atoms with Gasteiger partial charge in [0.25, 0.3) is 0 Å². The first-order valence-corrected chi connectivity index (χ1v) is 9.06. The molecule has 0 aliphatic heterocycles. The zero-order valence-corrected chi connectivity index (χ0v) is 13.3. The van der Waals surface area contributed by atoms with Gasteiger partial charge in [0.2, 0.25) is 0 Å². The molecule has 0 saturated heterocycles. The summed E-state index contributed by atoms with van der Waals surface area (Å²) < 4.78 is 12.6. The van der Waals surface area contributed by atoms with Gasteiger partial charge in [-0.1, -0.05) is 25.1 Å². The van der Waals surface area contributed by atoms with E-state index in [2.05, 4.69) is 42.6 Å². The van der Waals surface area contributed by atoms with Gasteiger partial charge in [0, 0.05) is 37.9 Å². The van der Waals surface area contributed by atoms with E-state index in [1.165, 1.54) is 15.0 Å². The Kier molecular flexibility index (Phi) is 5.13. The summed E-state index contributed by atoms with van der Waals surface area (Å²) in [6.07, 6.45) is 2.73. The van der Waals surface area contributed by atoms with Crippen LogP contribution in [0.3, 0.4) is 0 Å². The lowest BCUT2D eigenvalue weighted by atomic mass is 10.2. The standard InChI is InChI=1S/C15H21NOS2/c1-11(19(3)17)8-9-16-12(2)15-10-13-6-4-5-7-14(13)18-15/h4-7,10-12,16H,8-9H2,1-3H3. The molecule has 2 rings (SSSR count). The molecule has 0 aliphatic carbocycles. The van der Waals surface area contributed by atoms with Gasteiger partial charge in [0.1, 0.15) is 0 Å². The van der Waals surface area contributed by atoms with Crippen LogP contribution in [0.15, 0.2) is 30.3 Å². The summed E-state index contributed by atoms with van der Waals surface area (Å²) >= 11 is 1.85. The van der Waals surface area contributed by atoms with Gasteiger partial charge >= 0.3 is 0 Å². The molecule has 0 fully saturated rings. The van der Waals surface area contributed by atoms with E-state index in [0.29, 0.717) is 6.04 Å². The molecule has 1 N–H and O–H groups in total. The normalized spacial score (nSPS) is 16.4. The Bertz CT molecular complexity index is 531. The molecule has 104 valence electrons. The molecule has 3 atom stereocenters. The first-order valence-electron chi connectivity index (χ1n) is 6.62. The lowest BCUT2D eigenvalue weighted by Crippen LogP contribution is -2.23. The van der Waals surface area contributed by atoms with Crippen LogP contribution in [0.5, 0.6) is 0 Å². The van der Waals surface area contributed by atoms with E-state index in [-0.39, 0.29) is 5.25 Å². The fourth-order valence-electron chi connectivity index (χ4n) is 1.99. The molecule has 1 aromatic heterocycles. The highest BCUT2D eigenvalue weighted by molar-refractivity contribution is 7.84. The summed E-state index contributed by atoms with van der Waals surface area (Å²) in [4.78, 5) is 1.37. The van der Waals surface area contributed by atoms with Crippen LogP contribution in [0.25, 0.3) is 10.1 Å². The quantitative estimate of drug-likeness (QED) is 0.880. The van der Waals surface area contributed by atoms with Crippen molar-refractivity contribution in [1.82, 2.24) is 5.32 Å². The van der Waals surface area contributed by atoms with E-state index in [0.717, 1.165) is 13.0 Å². The van der Waals surface area contributed by atoms with Crippen molar-refractivity contribution in [3.8, 4) is 0 Å².